The van der Waals surface area contributed by atoms with Crippen LogP contribution in [0, 0.1) is 17.8 Å². The molecular weight excluding hydrogens is 248 g/mol. The van der Waals surface area contributed by atoms with Gasteiger partial charge in [-0.1, -0.05) is 43.2 Å². The average molecular weight is 270 g/mol. The van der Waals surface area contributed by atoms with Gasteiger partial charge in [0.25, 0.3) is 0 Å². The molecule has 1 aromatic rings. The maximum Gasteiger partial charge on any atom is 0.142 e. The van der Waals surface area contributed by atoms with Crippen molar-refractivity contribution in [3.8, 4) is 0 Å². The summed E-state index contributed by atoms with van der Waals surface area (Å²) >= 11 is 0. The first-order valence-corrected chi connectivity index (χ1v) is 8.03. The number of hydrogen-bond acceptors (Lipinski definition) is 2. The van der Waals surface area contributed by atoms with E-state index in [0.29, 0.717) is 5.78 Å². The van der Waals surface area contributed by atoms with Gasteiger partial charge < -0.3 is 5.11 Å². The lowest BCUT2D eigenvalue weighted by Crippen LogP contribution is -2.56. The van der Waals surface area contributed by atoms with Gasteiger partial charge in [-0.3, -0.25) is 4.79 Å². The minimum Gasteiger partial charge on any atom is -0.389 e. The largest absolute Gasteiger partial charge is 0.389 e. The van der Waals surface area contributed by atoms with Gasteiger partial charge in [-0.25, -0.2) is 0 Å². The Balaban J connectivity index is 1.82. The second kappa shape index (κ2) is 4.42. The summed E-state index contributed by atoms with van der Waals surface area (Å²) < 4.78 is 0. The van der Waals surface area contributed by atoms with Gasteiger partial charge in [0.1, 0.15) is 5.78 Å². The first-order chi connectivity index (χ1) is 9.72. The van der Waals surface area contributed by atoms with Crippen LogP contribution < -0.4 is 0 Å². The van der Waals surface area contributed by atoms with Gasteiger partial charge in [-0.05, 0) is 43.1 Å². The Morgan fingerprint density at radius 2 is 1.85 bits per heavy atom. The third-order valence-corrected chi connectivity index (χ3v) is 6.11. The molecule has 3 aliphatic carbocycles. The minimum atomic E-state index is -0.719. The lowest BCUT2D eigenvalue weighted by atomic mass is 9.56. The highest BCUT2D eigenvalue weighted by Crippen LogP contribution is 2.59. The van der Waals surface area contributed by atoms with Gasteiger partial charge in [0.2, 0.25) is 0 Å². The van der Waals surface area contributed by atoms with E-state index in [0.717, 1.165) is 32.1 Å². The summed E-state index contributed by atoms with van der Waals surface area (Å²) in [6.45, 7) is 0. The van der Waals surface area contributed by atoms with E-state index >= 15 is 0 Å². The van der Waals surface area contributed by atoms with Crippen molar-refractivity contribution in [1.29, 1.82) is 0 Å². The first kappa shape index (κ1) is 12.6. The van der Waals surface area contributed by atoms with Gasteiger partial charge in [-0.2, -0.15) is 0 Å². The monoisotopic (exact) mass is 270 g/mol. The van der Waals surface area contributed by atoms with E-state index in [1.807, 2.05) is 6.07 Å². The predicted molar refractivity (Wildman–Crippen MR) is 77.3 cm³/mol. The summed E-state index contributed by atoms with van der Waals surface area (Å²) in [6.07, 6.45) is 6.05. The quantitative estimate of drug-likeness (QED) is 0.850. The molecule has 1 aromatic carbocycles. The molecular formula is C18H22O2. The number of ketones is 1. The molecule has 4 rings (SSSR count). The number of fused-ring (bicyclic) bond motifs is 4. The Bertz CT molecular complexity index is 523. The molecule has 0 saturated heterocycles. The SMILES string of the molecule is O=C1[C@H]2CC[C@@H]1[C@@]1(O)CCCC[C@@H]1[C@H]2c1ccccc1. The zero-order chi connectivity index (χ0) is 13.7. The molecule has 0 amide bonds. The maximum atomic E-state index is 12.7. The van der Waals surface area contributed by atoms with Crippen molar-refractivity contribution >= 4 is 5.78 Å². The van der Waals surface area contributed by atoms with Crippen LogP contribution in [0.25, 0.3) is 0 Å². The molecule has 0 aromatic heterocycles. The van der Waals surface area contributed by atoms with E-state index < -0.39 is 5.60 Å². The fourth-order valence-corrected chi connectivity index (χ4v) is 5.29. The lowest BCUT2D eigenvalue weighted by Gasteiger charge is -2.51. The number of hydrogen-bond donors (Lipinski definition) is 1. The molecule has 0 heterocycles. The van der Waals surface area contributed by atoms with Crippen molar-refractivity contribution in [3.63, 3.8) is 0 Å². The van der Waals surface area contributed by atoms with E-state index in [1.165, 1.54) is 12.0 Å². The second-order valence-electron chi connectivity index (χ2n) is 6.92. The van der Waals surface area contributed by atoms with E-state index in [-0.39, 0.29) is 23.7 Å². The molecule has 2 nitrogen and oxygen atoms in total. The molecule has 3 aliphatic rings. The Labute approximate surface area is 120 Å². The summed E-state index contributed by atoms with van der Waals surface area (Å²) in [5, 5.41) is 11.3. The van der Waals surface area contributed by atoms with Crippen molar-refractivity contribution in [2.24, 2.45) is 17.8 Å². The van der Waals surface area contributed by atoms with Crippen molar-refractivity contribution in [1.82, 2.24) is 0 Å². The Kier molecular flexibility index (Phi) is 2.78. The summed E-state index contributed by atoms with van der Waals surface area (Å²) in [5.41, 5.74) is 0.541. The summed E-state index contributed by atoms with van der Waals surface area (Å²) in [7, 11) is 0. The van der Waals surface area contributed by atoms with Gasteiger partial charge in [0.15, 0.2) is 0 Å². The molecule has 3 fully saturated rings. The Morgan fingerprint density at radius 3 is 2.65 bits per heavy atom. The lowest BCUT2D eigenvalue weighted by molar-refractivity contribution is -0.156. The number of rotatable bonds is 1. The van der Waals surface area contributed by atoms with Crippen LogP contribution >= 0.6 is 0 Å². The molecule has 2 bridgehead atoms. The smallest absolute Gasteiger partial charge is 0.142 e. The van der Waals surface area contributed by atoms with Crippen LogP contribution in [0.4, 0.5) is 0 Å². The van der Waals surface area contributed by atoms with Gasteiger partial charge in [0.05, 0.1) is 5.60 Å². The number of carbonyl (C=O) groups excluding carboxylic acids is 1. The van der Waals surface area contributed by atoms with Crippen LogP contribution in [0.1, 0.15) is 50.0 Å². The summed E-state index contributed by atoms with van der Waals surface area (Å²) in [6, 6.07) is 10.4. The van der Waals surface area contributed by atoms with E-state index in [1.54, 1.807) is 0 Å². The molecule has 0 aliphatic heterocycles. The topological polar surface area (TPSA) is 37.3 Å². The van der Waals surface area contributed by atoms with Crippen LogP contribution in [0.3, 0.4) is 0 Å². The van der Waals surface area contributed by atoms with Crippen LogP contribution in [0.5, 0.6) is 0 Å². The van der Waals surface area contributed by atoms with E-state index in [4.69, 9.17) is 0 Å². The van der Waals surface area contributed by atoms with Crippen LogP contribution in [0.15, 0.2) is 30.3 Å². The van der Waals surface area contributed by atoms with Crippen molar-refractivity contribution < 1.29 is 9.90 Å². The molecule has 1 N–H and O–H groups in total. The first-order valence-electron chi connectivity index (χ1n) is 8.03. The van der Waals surface area contributed by atoms with Crippen LogP contribution in [-0.2, 0) is 4.79 Å². The number of aliphatic hydroxyl groups is 1. The average Bonchev–Trinajstić information content (AvgIpc) is 2.78. The molecule has 0 radical (unpaired) electrons. The zero-order valence-electron chi connectivity index (χ0n) is 11.8. The number of carbonyl (C=O) groups is 1. The van der Waals surface area contributed by atoms with Crippen molar-refractivity contribution in [2.75, 3.05) is 0 Å². The molecule has 106 valence electrons. The Hall–Kier alpha value is -1.15. The van der Waals surface area contributed by atoms with E-state index in [9.17, 15) is 9.90 Å². The van der Waals surface area contributed by atoms with Crippen molar-refractivity contribution in [3.05, 3.63) is 35.9 Å². The third-order valence-electron chi connectivity index (χ3n) is 6.11. The van der Waals surface area contributed by atoms with Crippen LogP contribution in [0.2, 0.25) is 0 Å². The highest BCUT2D eigenvalue weighted by atomic mass is 16.3. The molecule has 0 spiro atoms. The number of Topliss-reactive ketones (excluding diaryl/α,β-unsaturated/α-hetero) is 1. The third kappa shape index (κ3) is 1.57. The van der Waals surface area contributed by atoms with Gasteiger partial charge in [0, 0.05) is 11.8 Å². The fraction of sp³-hybridized carbons (Fsp3) is 0.611. The number of benzene rings is 1. The van der Waals surface area contributed by atoms with Gasteiger partial charge in [-0.15, -0.1) is 0 Å². The standard InChI is InChI=1S/C18H22O2/c19-17-13-9-10-15(17)18(20)11-5-4-8-14(18)16(13)12-6-2-1-3-7-12/h1-3,6-7,13-16,20H,4-5,8-11H2/t13-,14+,15-,16-,18+/m0/s1. The second-order valence-corrected chi connectivity index (χ2v) is 6.92. The minimum absolute atomic E-state index is 0.0715. The fourth-order valence-electron chi connectivity index (χ4n) is 5.29. The van der Waals surface area contributed by atoms with Crippen molar-refractivity contribution in [2.45, 2.75) is 50.0 Å². The summed E-state index contributed by atoms with van der Waals surface area (Å²) in [4.78, 5) is 12.7. The Morgan fingerprint density at radius 1 is 1.05 bits per heavy atom. The molecule has 0 unspecified atom stereocenters. The normalized spacial score (nSPS) is 43.4. The molecule has 5 atom stereocenters. The highest BCUT2D eigenvalue weighted by molar-refractivity contribution is 5.89. The van der Waals surface area contributed by atoms with Crippen LogP contribution in [-0.4, -0.2) is 16.5 Å². The van der Waals surface area contributed by atoms with Gasteiger partial charge >= 0.3 is 0 Å². The summed E-state index contributed by atoms with van der Waals surface area (Å²) in [5.74, 6) is 0.963. The maximum absolute atomic E-state index is 12.7. The molecule has 20 heavy (non-hydrogen) atoms. The molecule has 3 saturated carbocycles. The molecule has 2 heteroatoms. The predicted octanol–water partition coefficient (Wildman–Crippen LogP) is 3.30. The zero-order valence-corrected chi connectivity index (χ0v) is 11.8. The van der Waals surface area contributed by atoms with E-state index in [2.05, 4.69) is 24.3 Å². The highest BCUT2D eigenvalue weighted by Gasteiger charge is 2.61.